The summed E-state index contributed by atoms with van der Waals surface area (Å²) in [6.07, 6.45) is 2.47. The number of hydrogen-bond acceptors (Lipinski definition) is 3. The second-order valence-corrected chi connectivity index (χ2v) is 4.83. The predicted octanol–water partition coefficient (Wildman–Crippen LogP) is 2.38. The van der Waals surface area contributed by atoms with Crippen molar-refractivity contribution in [2.75, 3.05) is 5.32 Å². The zero-order valence-corrected chi connectivity index (χ0v) is 9.53. The van der Waals surface area contributed by atoms with E-state index in [2.05, 4.69) is 24.1 Å². The van der Waals surface area contributed by atoms with E-state index in [-0.39, 0.29) is 11.2 Å². The summed E-state index contributed by atoms with van der Waals surface area (Å²) in [7, 11) is 0. The number of carbonyl (C=O) groups is 1. The molecule has 0 amide bonds. The fourth-order valence-electron chi connectivity index (χ4n) is 1.86. The Morgan fingerprint density at radius 2 is 2.19 bits per heavy atom. The van der Waals surface area contributed by atoms with Crippen LogP contribution >= 0.6 is 0 Å². The number of carboxylic acid groups (broad SMARTS) is 1. The van der Waals surface area contributed by atoms with E-state index in [1.807, 2.05) is 0 Å². The van der Waals surface area contributed by atoms with Crippen molar-refractivity contribution in [2.24, 2.45) is 5.92 Å². The van der Waals surface area contributed by atoms with Crippen molar-refractivity contribution < 1.29 is 9.90 Å². The average molecular weight is 220 g/mol. The summed E-state index contributed by atoms with van der Waals surface area (Å²) in [6.45, 7) is 4.25. The Balaban J connectivity index is 2.14. The molecule has 0 spiro atoms. The molecular formula is C12H16N2O2. The van der Waals surface area contributed by atoms with Crippen LogP contribution in [0.4, 0.5) is 5.82 Å². The number of pyridine rings is 1. The van der Waals surface area contributed by atoms with Gasteiger partial charge in [-0.1, -0.05) is 6.07 Å². The molecule has 86 valence electrons. The smallest absolute Gasteiger partial charge is 0.354 e. The van der Waals surface area contributed by atoms with Crippen LogP contribution in [0.5, 0.6) is 0 Å². The van der Waals surface area contributed by atoms with Crippen molar-refractivity contribution in [1.82, 2.24) is 4.98 Å². The van der Waals surface area contributed by atoms with Crippen LogP contribution in [0.15, 0.2) is 18.2 Å². The molecule has 1 heterocycles. The normalized spacial score (nSPS) is 15.9. The number of nitrogens with zero attached hydrogens (tertiary/aromatic N) is 1. The minimum absolute atomic E-state index is 0.00979. The van der Waals surface area contributed by atoms with Crippen LogP contribution in [0.3, 0.4) is 0 Å². The first-order valence-electron chi connectivity index (χ1n) is 5.47. The highest BCUT2D eigenvalue weighted by atomic mass is 16.4. The SMILES string of the molecule is CC(C)(Nc1cccc(C(=O)O)n1)C1CC1. The Hall–Kier alpha value is -1.58. The molecule has 0 saturated heterocycles. The van der Waals surface area contributed by atoms with Gasteiger partial charge in [0.2, 0.25) is 0 Å². The molecule has 2 N–H and O–H groups in total. The van der Waals surface area contributed by atoms with Gasteiger partial charge in [-0.25, -0.2) is 9.78 Å². The molecule has 1 aliphatic carbocycles. The van der Waals surface area contributed by atoms with Crippen LogP contribution in [0.1, 0.15) is 37.2 Å². The third-order valence-electron chi connectivity index (χ3n) is 3.02. The van der Waals surface area contributed by atoms with Gasteiger partial charge in [0.25, 0.3) is 0 Å². The van der Waals surface area contributed by atoms with E-state index in [1.165, 1.54) is 18.9 Å². The monoisotopic (exact) mass is 220 g/mol. The zero-order valence-electron chi connectivity index (χ0n) is 9.53. The molecule has 1 fully saturated rings. The largest absolute Gasteiger partial charge is 0.477 e. The molecule has 0 aliphatic heterocycles. The van der Waals surface area contributed by atoms with E-state index < -0.39 is 5.97 Å². The Labute approximate surface area is 94.7 Å². The van der Waals surface area contributed by atoms with E-state index in [9.17, 15) is 4.79 Å². The van der Waals surface area contributed by atoms with Crippen molar-refractivity contribution in [3.8, 4) is 0 Å². The first kappa shape index (κ1) is 10.9. The lowest BCUT2D eigenvalue weighted by Gasteiger charge is -2.26. The summed E-state index contributed by atoms with van der Waals surface area (Å²) >= 11 is 0. The number of rotatable bonds is 4. The van der Waals surface area contributed by atoms with Gasteiger partial charge in [0, 0.05) is 5.54 Å². The van der Waals surface area contributed by atoms with Gasteiger partial charge in [-0.3, -0.25) is 0 Å². The standard InChI is InChI=1S/C12H16N2O2/c1-12(2,8-6-7-8)14-10-5-3-4-9(13-10)11(15)16/h3-5,8H,6-7H2,1-2H3,(H,13,14)(H,15,16). The van der Waals surface area contributed by atoms with Crippen molar-refractivity contribution in [1.29, 1.82) is 0 Å². The number of aromatic carboxylic acids is 1. The molecule has 4 heteroatoms. The molecule has 0 aromatic carbocycles. The van der Waals surface area contributed by atoms with Crippen molar-refractivity contribution in [2.45, 2.75) is 32.2 Å². The van der Waals surface area contributed by atoms with Crippen LogP contribution in [-0.2, 0) is 0 Å². The van der Waals surface area contributed by atoms with E-state index in [0.29, 0.717) is 11.7 Å². The van der Waals surface area contributed by atoms with Crippen molar-refractivity contribution >= 4 is 11.8 Å². The van der Waals surface area contributed by atoms with Crippen molar-refractivity contribution in [3.05, 3.63) is 23.9 Å². The number of anilines is 1. The molecule has 0 radical (unpaired) electrons. The minimum Gasteiger partial charge on any atom is -0.477 e. The zero-order chi connectivity index (χ0) is 11.8. The lowest BCUT2D eigenvalue weighted by molar-refractivity contribution is 0.0690. The lowest BCUT2D eigenvalue weighted by Crippen LogP contribution is -2.33. The van der Waals surface area contributed by atoms with E-state index in [4.69, 9.17) is 5.11 Å². The van der Waals surface area contributed by atoms with E-state index >= 15 is 0 Å². The molecule has 1 aromatic heterocycles. The van der Waals surface area contributed by atoms with Crippen LogP contribution in [0.25, 0.3) is 0 Å². The lowest BCUT2D eigenvalue weighted by atomic mass is 9.99. The second kappa shape index (κ2) is 3.77. The predicted molar refractivity (Wildman–Crippen MR) is 61.6 cm³/mol. The summed E-state index contributed by atoms with van der Waals surface area (Å²) in [5, 5.41) is 12.1. The summed E-state index contributed by atoms with van der Waals surface area (Å²) in [5.41, 5.74) is 0.0704. The highest BCUT2D eigenvalue weighted by Crippen LogP contribution is 2.40. The fourth-order valence-corrected chi connectivity index (χ4v) is 1.86. The van der Waals surface area contributed by atoms with Crippen LogP contribution < -0.4 is 5.32 Å². The molecule has 1 aromatic rings. The number of nitrogens with one attached hydrogen (secondary N) is 1. The van der Waals surface area contributed by atoms with Gasteiger partial charge in [0.15, 0.2) is 5.69 Å². The first-order valence-corrected chi connectivity index (χ1v) is 5.47. The Bertz CT molecular complexity index is 411. The molecule has 0 unspecified atom stereocenters. The summed E-state index contributed by atoms with van der Waals surface area (Å²) in [5.74, 6) is 0.312. The van der Waals surface area contributed by atoms with Gasteiger partial charge in [-0.05, 0) is 44.7 Å². The highest BCUT2D eigenvalue weighted by Gasteiger charge is 2.37. The maximum absolute atomic E-state index is 10.8. The van der Waals surface area contributed by atoms with E-state index in [1.54, 1.807) is 12.1 Å². The molecule has 0 bridgehead atoms. The van der Waals surface area contributed by atoms with Crippen molar-refractivity contribution in [3.63, 3.8) is 0 Å². The van der Waals surface area contributed by atoms with Gasteiger partial charge in [0.1, 0.15) is 5.82 Å². The average Bonchev–Trinajstić information content (AvgIpc) is 3.00. The van der Waals surface area contributed by atoms with E-state index in [0.717, 1.165) is 0 Å². The van der Waals surface area contributed by atoms with Crippen LogP contribution in [0, 0.1) is 5.92 Å². The van der Waals surface area contributed by atoms with Gasteiger partial charge < -0.3 is 10.4 Å². The Kier molecular flexibility index (Phi) is 2.58. The first-order chi connectivity index (χ1) is 7.49. The van der Waals surface area contributed by atoms with Gasteiger partial charge in [-0.2, -0.15) is 0 Å². The number of hydrogen-bond donors (Lipinski definition) is 2. The molecule has 2 rings (SSSR count). The second-order valence-electron chi connectivity index (χ2n) is 4.83. The quantitative estimate of drug-likeness (QED) is 0.817. The van der Waals surface area contributed by atoms with Crippen LogP contribution in [0.2, 0.25) is 0 Å². The number of aromatic nitrogens is 1. The maximum atomic E-state index is 10.8. The molecule has 0 atom stereocenters. The summed E-state index contributed by atoms with van der Waals surface area (Å²) in [4.78, 5) is 14.8. The van der Waals surface area contributed by atoms with Gasteiger partial charge in [-0.15, -0.1) is 0 Å². The minimum atomic E-state index is -0.993. The summed E-state index contributed by atoms with van der Waals surface area (Å²) in [6, 6.07) is 5.01. The van der Waals surface area contributed by atoms with Crippen LogP contribution in [-0.4, -0.2) is 21.6 Å². The van der Waals surface area contributed by atoms with Gasteiger partial charge in [0.05, 0.1) is 0 Å². The highest BCUT2D eigenvalue weighted by molar-refractivity contribution is 5.85. The number of carboxylic acids is 1. The third-order valence-corrected chi connectivity index (χ3v) is 3.02. The third kappa shape index (κ3) is 2.32. The maximum Gasteiger partial charge on any atom is 0.354 e. The topological polar surface area (TPSA) is 62.2 Å². The summed E-state index contributed by atoms with van der Waals surface area (Å²) < 4.78 is 0. The Morgan fingerprint density at radius 3 is 2.75 bits per heavy atom. The Morgan fingerprint density at radius 1 is 1.50 bits per heavy atom. The molecular weight excluding hydrogens is 204 g/mol. The molecule has 4 nitrogen and oxygen atoms in total. The molecule has 16 heavy (non-hydrogen) atoms. The van der Waals surface area contributed by atoms with Gasteiger partial charge >= 0.3 is 5.97 Å². The molecule has 1 aliphatic rings. The molecule has 1 saturated carbocycles. The fraction of sp³-hybridized carbons (Fsp3) is 0.500.